The number of hydrogen-bond donors (Lipinski definition) is 0. The van der Waals surface area contributed by atoms with Crippen LogP contribution in [0.25, 0.3) is 0 Å². The van der Waals surface area contributed by atoms with E-state index in [0.29, 0.717) is 24.6 Å². The van der Waals surface area contributed by atoms with Gasteiger partial charge in [-0.05, 0) is 22.9 Å². The third-order valence-corrected chi connectivity index (χ3v) is 2.51. The number of nitrogens with zero attached hydrogens (tertiary/aromatic N) is 3. The SMILES string of the molecule is CCOC(=O)C1CC(c2ncc(Br)cn2)=NO1. The zero-order chi connectivity index (χ0) is 12.3. The van der Waals surface area contributed by atoms with Crippen LogP contribution < -0.4 is 0 Å². The molecule has 0 aliphatic carbocycles. The Hall–Kier alpha value is -1.50. The molecular formula is C10H10BrN3O3. The lowest BCUT2D eigenvalue weighted by Gasteiger charge is -2.05. The minimum absolute atomic E-state index is 0.322. The third kappa shape index (κ3) is 2.79. The Balaban J connectivity index is 2.02. The highest BCUT2D eigenvalue weighted by Crippen LogP contribution is 2.16. The minimum atomic E-state index is -0.683. The summed E-state index contributed by atoms with van der Waals surface area (Å²) in [5.74, 6) is 0.0448. The average Bonchev–Trinajstić information content (AvgIpc) is 2.80. The maximum atomic E-state index is 11.4. The lowest BCUT2D eigenvalue weighted by molar-refractivity contribution is -0.154. The third-order valence-electron chi connectivity index (χ3n) is 2.10. The molecule has 1 aliphatic heterocycles. The Morgan fingerprint density at radius 1 is 1.59 bits per heavy atom. The number of halogens is 1. The van der Waals surface area contributed by atoms with Gasteiger partial charge in [-0.3, -0.25) is 0 Å². The van der Waals surface area contributed by atoms with Gasteiger partial charge < -0.3 is 9.57 Å². The van der Waals surface area contributed by atoms with Crippen molar-refractivity contribution in [3.05, 3.63) is 22.7 Å². The van der Waals surface area contributed by atoms with Crippen molar-refractivity contribution in [1.29, 1.82) is 0 Å². The van der Waals surface area contributed by atoms with Gasteiger partial charge in [0.2, 0.25) is 6.10 Å². The molecule has 0 N–H and O–H groups in total. The van der Waals surface area contributed by atoms with Gasteiger partial charge in [-0.15, -0.1) is 0 Å². The molecule has 90 valence electrons. The molecule has 0 bridgehead atoms. The summed E-state index contributed by atoms with van der Waals surface area (Å²) in [5.41, 5.74) is 0.551. The van der Waals surface area contributed by atoms with Gasteiger partial charge in [-0.1, -0.05) is 5.16 Å². The first-order chi connectivity index (χ1) is 8.20. The highest BCUT2D eigenvalue weighted by atomic mass is 79.9. The molecule has 6 nitrogen and oxygen atoms in total. The van der Waals surface area contributed by atoms with Crippen molar-refractivity contribution in [2.45, 2.75) is 19.4 Å². The summed E-state index contributed by atoms with van der Waals surface area (Å²) in [6, 6.07) is 0. The molecule has 7 heteroatoms. The zero-order valence-electron chi connectivity index (χ0n) is 9.09. The quantitative estimate of drug-likeness (QED) is 0.787. The molecule has 2 rings (SSSR count). The van der Waals surface area contributed by atoms with Gasteiger partial charge in [0.25, 0.3) is 0 Å². The minimum Gasteiger partial charge on any atom is -0.463 e. The van der Waals surface area contributed by atoms with Crippen LogP contribution in [0.15, 0.2) is 22.0 Å². The molecule has 0 saturated carbocycles. The molecule has 1 aromatic heterocycles. The molecule has 0 aromatic carbocycles. The van der Waals surface area contributed by atoms with Crippen molar-refractivity contribution in [2.24, 2.45) is 5.16 Å². The van der Waals surface area contributed by atoms with E-state index in [9.17, 15) is 4.79 Å². The lowest BCUT2D eigenvalue weighted by atomic mass is 10.2. The summed E-state index contributed by atoms with van der Waals surface area (Å²) >= 11 is 3.24. The van der Waals surface area contributed by atoms with Crippen molar-refractivity contribution in [2.75, 3.05) is 6.61 Å². The molecule has 17 heavy (non-hydrogen) atoms. The van der Waals surface area contributed by atoms with E-state index in [2.05, 4.69) is 31.1 Å². The summed E-state index contributed by atoms with van der Waals surface area (Å²) in [7, 11) is 0. The van der Waals surface area contributed by atoms with Gasteiger partial charge in [0.1, 0.15) is 5.71 Å². The van der Waals surface area contributed by atoms with Gasteiger partial charge in [0, 0.05) is 18.8 Å². The number of carbonyl (C=O) groups excluding carboxylic acids is 1. The summed E-state index contributed by atoms with van der Waals surface area (Å²) in [6.45, 7) is 2.06. The van der Waals surface area contributed by atoms with Crippen LogP contribution in [0, 0.1) is 0 Å². The smallest absolute Gasteiger partial charge is 0.350 e. The molecule has 1 unspecified atom stereocenters. The number of carbonyl (C=O) groups is 1. The number of aromatic nitrogens is 2. The van der Waals surface area contributed by atoms with Gasteiger partial charge >= 0.3 is 5.97 Å². The Bertz CT molecular complexity index is 447. The highest BCUT2D eigenvalue weighted by Gasteiger charge is 2.31. The molecule has 1 atom stereocenters. The van der Waals surface area contributed by atoms with Crippen LogP contribution in [0.5, 0.6) is 0 Å². The van der Waals surface area contributed by atoms with E-state index >= 15 is 0 Å². The first-order valence-electron chi connectivity index (χ1n) is 5.08. The maximum Gasteiger partial charge on any atom is 0.350 e. The number of rotatable bonds is 3. The van der Waals surface area contributed by atoms with Gasteiger partial charge in [0.05, 0.1) is 11.1 Å². The van der Waals surface area contributed by atoms with Crippen molar-refractivity contribution in [1.82, 2.24) is 9.97 Å². The first kappa shape index (κ1) is 12.0. The van der Waals surface area contributed by atoms with Gasteiger partial charge in [0.15, 0.2) is 5.82 Å². The van der Waals surface area contributed by atoms with Crippen LogP contribution >= 0.6 is 15.9 Å². The van der Waals surface area contributed by atoms with Crippen LogP contribution in [0.3, 0.4) is 0 Å². The Kier molecular flexibility index (Phi) is 3.68. The molecule has 0 amide bonds. The van der Waals surface area contributed by atoms with Crippen molar-refractivity contribution in [3.8, 4) is 0 Å². The Morgan fingerprint density at radius 2 is 2.29 bits per heavy atom. The molecule has 0 fully saturated rings. The zero-order valence-corrected chi connectivity index (χ0v) is 10.7. The van der Waals surface area contributed by atoms with Crippen LogP contribution in [0.4, 0.5) is 0 Å². The average molecular weight is 300 g/mol. The van der Waals surface area contributed by atoms with Gasteiger partial charge in [-0.25, -0.2) is 14.8 Å². The largest absolute Gasteiger partial charge is 0.463 e. The Morgan fingerprint density at radius 3 is 2.94 bits per heavy atom. The van der Waals surface area contributed by atoms with Crippen molar-refractivity contribution in [3.63, 3.8) is 0 Å². The summed E-state index contributed by atoms with van der Waals surface area (Å²) in [6.07, 6.45) is 2.88. The highest BCUT2D eigenvalue weighted by molar-refractivity contribution is 9.10. The number of oxime groups is 1. The molecule has 0 radical (unpaired) electrons. The number of ether oxygens (including phenoxy) is 1. The summed E-state index contributed by atoms with van der Waals surface area (Å²) in [4.78, 5) is 24.6. The molecule has 0 spiro atoms. The van der Waals surface area contributed by atoms with E-state index in [-0.39, 0.29) is 0 Å². The predicted octanol–water partition coefficient (Wildman–Crippen LogP) is 1.30. The van der Waals surface area contributed by atoms with E-state index < -0.39 is 12.1 Å². The fourth-order valence-electron chi connectivity index (χ4n) is 1.33. The summed E-state index contributed by atoms with van der Waals surface area (Å²) in [5, 5.41) is 3.80. The Labute approximate surface area is 106 Å². The van der Waals surface area contributed by atoms with E-state index in [1.54, 1.807) is 19.3 Å². The molecule has 1 aliphatic rings. The van der Waals surface area contributed by atoms with Crippen LogP contribution in [0.1, 0.15) is 19.2 Å². The second-order valence-corrected chi connectivity index (χ2v) is 4.23. The fourth-order valence-corrected chi connectivity index (χ4v) is 1.54. The summed E-state index contributed by atoms with van der Waals surface area (Å²) < 4.78 is 5.62. The van der Waals surface area contributed by atoms with Crippen LogP contribution in [0.2, 0.25) is 0 Å². The number of hydrogen-bond acceptors (Lipinski definition) is 6. The van der Waals surface area contributed by atoms with Gasteiger partial charge in [-0.2, -0.15) is 0 Å². The second kappa shape index (κ2) is 5.22. The molecular weight excluding hydrogens is 290 g/mol. The van der Waals surface area contributed by atoms with Crippen molar-refractivity contribution < 1.29 is 14.4 Å². The first-order valence-corrected chi connectivity index (χ1v) is 5.87. The van der Waals surface area contributed by atoms with E-state index in [1.807, 2.05) is 0 Å². The van der Waals surface area contributed by atoms with Crippen molar-refractivity contribution >= 4 is 27.6 Å². The van der Waals surface area contributed by atoms with Crippen LogP contribution in [-0.2, 0) is 14.4 Å². The fraction of sp³-hybridized carbons (Fsp3) is 0.400. The molecule has 2 heterocycles. The normalized spacial score (nSPS) is 18.5. The molecule has 0 saturated heterocycles. The van der Waals surface area contributed by atoms with E-state index in [4.69, 9.17) is 9.57 Å². The van der Waals surface area contributed by atoms with E-state index in [0.717, 1.165) is 4.47 Å². The standard InChI is InChI=1S/C10H10BrN3O3/c1-2-16-10(15)8-3-7(14-17-8)9-12-4-6(11)5-13-9/h4-5,8H,2-3H2,1H3. The van der Waals surface area contributed by atoms with E-state index in [1.165, 1.54) is 0 Å². The second-order valence-electron chi connectivity index (χ2n) is 3.31. The lowest BCUT2D eigenvalue weighted by Crippen LogP contribution is -2.23. The topological polar surface area (TPSA) is 73.7 Å². The number of esters is 1. The molecule has 1 aromatic rings. The monoisotopic (exact) mass is 299 g/mol. The predicted molar refractivity (Wildman–Crippen MR) is 62.4 cm³/mol. The van der Waals surface area contributed by atoms with Crippen LogP contribution in [-0.4, -0.2) is 34.4 Å². The maximum absolute atomic E-state index is 11.4.